The summed E-state index contributed by atoms with van der Waals surface area (Å²) >= 11 is 0. The van der Waals surface area contributed by atoms with Crippen molar-refractivity contribution in [3.8, 4) is 5.75 Å². The molecule has 7 nitrogen and oxygen atoms in total. The molecular formula is C23H26N4O3. The van der Waals surface area contributed by atoms with Gasteiger partial charge in [0.15, 0.2) is 5.69 Å². The topological polar surface area (TPSA) is 70.8 Å². The molecular weight excluding hydrogens is 380 g/mol. The molecule has 0 bridgehead atoms. The molecule has 156 valence electrons. The minimum Gasteiger partial charge on any atom is -0.495 e. The highest BCUT2D eigenvalue weighted by Crippen LogP contribution is 2.28. The number of para-hydroxylation sites is 2. The van der Waals surface area contributed by atoms with Gasteiger partial charge < -0.3 is 19.4 Å². The van der Waals surface area contributed by atoms with E-state index in [2.05, 4.69) is 26.2 Å². The summed E-state index contributed by atoms with van der Waals surface area (Å²) in [5.74, 6) is 1.23. The molecule has 0 spiro atoms. The number of methoxy groups -OCH3 is 1. The van der Waals surface area contributed by atoms with Crippen molar-refractivity contribution in [3.63, 3.8) is 0 Å². The number of anilines is 1. The Bertz CT molecular complexity index is 965. The Balaban J connectivity index is 1.28. The quantitative estimate of drug-likeness (QED) is 0.651. The standard InChI is InChI=1S/C23H26N4O3/c1-29-21-10-6-5-9-20(21)27-13-11-26(12-14-27)16-22-25-19(17-30-22)23(28)24-15-18-7-3-2-4-8-18/h2-10,17H,11-16H2,1H3,(H,24,28). The third kappa shape index (κ3) is 4.80. The maximum atomic E-state index is 12.3. The van der Waals surface area contributed by atoms with Crippen LogP contribution in [0.4, 0.5) is 5.69 Å². The molecule has 0 aliphatic carbocycles. The lowest BCUT2D eigenvalue weighted by atomic mass is 10.2. The fourth-order valence-electron chi connectivity index (χ4n) is 3.59. The number of nitrogens with zero attached hydrogens (tertiary/aromatic N) is 3. The highest BCUT2D eigenvalue weighted by molar-refractivity contribution is 5.91. The fourth-order valence-corrected chi connectivity index (χ4v) is 3.59. The second kappa shape index (κ2) is 9.45. The zero-order chi connectivity index (χ0) is 20.8. The Morgan fingerprint density at radius 1 is 1.07 bits per heavy atom. The molecule has 0 atom stereocenters. The van der Waals surface area contributed by atoms with Gasteiger partial charge in [0, 0.05) is 32.7 Å². The summed E-state index contributed by atoms with van der Waals surface area (Å²) in [6.07, 6.45) is 1.43. The number of carbonyl (C=O) groups is 1. The Morgan fingerprint density at radius 2 is 1.80 bits per heavy atom. The van der Waals surface area contributed by atoms with E-state index in [0.29, 0.717) is 24.7 Å². The molecule has 0 radical (unpaired) electrons. The number of carbonyl (C=O) groups excluding carboxylic acids is 1. The van der Waals surface area contributed by atoms with Crippen molar-refractivity contribution < 1.29 is 13.9 Å². The van der Waals surface area contributed by atoms with Gasteiger partial charge in [0.05, 0.1) is 19.3 Å². The minimum atomic E-state index is -0.227. The molecule has 3 aromatic rings. The molecule has 1 amide bonds. The summed E-state index contributed by atoms with van der Waals surface area (Å²) in [6.45, 7) is 4.61. The maximum Gasteiger partial charge on any atom is 0.273 e. The van der Waals surface area contributed by atoms with E-state index in [1.54, 1.807) is 7.11 Å². The maximum absolute atomic E-state index is 12.3. The molecule has 7 heteroatoms. The molecule has 0 unspecified atom stereocenters. The fraction of sp³-hybridized carbons (Fsp3) is 0.304. The lowest BCUT2D eigenvalue weighted by molar-refractivity contribution is 0.0945. The highest BCUT2D eigenvalue weighted by Gasteiger charge is 2.21. The van der Waals surface area contributed by atoms with E-state index in [0.717, 1.165) is 43.2 Å². The zero-order valence-corrected chi connectivity index (χ0v) is 17.1. The number of nitrogens with one attached hydrogen (secondary N) is 1. The molecule has 0 saturated carbocycles. The van der Waals surface area contributed by atoms with Crippen LogP contribution in [0.25, 0.3) is 0 Å². The summed E-state index contributed by atoms with van der Waals surface area (Å²) < 4.78 is 11.0. The highest BCUT2D eigenvalue weighted by atomic mass is 16.5. The summed E-state index contributed by atoms with van der Waals surface area (Å²) in [7, 11) is 1.70. The number of ether oxygens (including phenoxy) is 1. The SMILES string of the molecule is COc1ccccc1N1CCN(Cc2nc(C(=O)NCc3ccccc3)co2)CC1. The van der Waals surface area contributed by atoms with E-state index in [4.69, 9.17) is 9.15 Å². The average Bonchev–Trinajstić information content (AvgIpc) is 3.27. The Hall–Kier alpha value is -3.32. The average molecular weight is 406 g/mol. The number of amides is 1. The van der Waals surface area contributed by atoms with E-state index in [1.807, 2.05) is 48.5 Å². The molecule has 2 aromatic carbocycles. The van der Waals surface area contributed by atoms with Crippen LogP contribution in [-0.4, -0.2) is 49.1 Å². The van der Waals surface area contributed by atoms with Crippen molar-refractivity contribution in [3.05, 3.63) is 78.0 Å². The minimum absolute atomic E-state index is 0.227. The summed E-state index contributed by atoms with van der Waals surface area (Å²) in [6, 6.07) is 17.9. The van der Waals surface area contributed by atoms with Crippen LogP contribution in [0.1, 0.15) is 21.9 Å². The van der Waals surface area contributed by atoms with E-state index < -0.39 is 0 Å². The van der Waals surface area contributed by atoms with Crippen molar-refractivity contribution >= 4 is 11.6 Å². The molecule has 2 heterocycles. The first-order chi connectivity index (χ1) is 14.7. The number of piperazine rings is 1. The number of rotatable bonds is 7. The van der Waals surface area contributed by atoms with Crippen LogP contribution >= 0.6 is 0 Å². The monoisotopic (exact) mass is 406 g/mol. The number of aromatic nitrogens is 1. The summed E-state index contributed by atoms with van der Waals surface area (Å²) in [4.78, 5) is 21.3. The van der Waals surface area contributed by atoms with Gasteiger partial charge in [0.1, 0.15) is 12.0 Å². The van der Waals surface area contributed by atoms with Crippen molar-refractivity contribution in [2.45, 2.75) is 13.1 Å². The van der Waals surface area contributed by atoms with E-state index in [9.17, 15) is 4.79 Å². The van der Waals surface area contributed by atoms with Crippen molar-refractivity contribution in [1.29, 1.82) is 0 Å². The molecule has 1 N–H and O–H groups in total. The third-order valence-electron chi connectivity index (χ3n) is 5.24. The first kappa shape index (κ1) is 20.0. The van der Waals surface area contributed by atoms with Gasteiger partial charge in [-0.05, 0) is 17.7 Å². The second-order valence-corrected chi connectivity index (χ2v) is 7.23. The smallest absolute Gasteiger partial charge is 0.273 e. The number of hydrogen-bond donors (Lipinski definition) is 1. The van der Waals surface area contributed by atoms with Crippen molar-refractivity contribution in [2.24, 2.45) is 0 Å². The Morgan fingerprint density at radius 3 is 2.57 bits per heavy atom. The first-order valence-corrected chi connectivity index (χ1v) is 10.1. The van der Waals surface area contributed by atoms with Crippen molar-refractivity contribution in [2.75, 3.05) is 38.2 Å². The van der Waals surface area contributed by atoms with Gasteiger partial charge in [-0.15, -0.1) is 0 Å². The molecule has 30 heavy (non-hydrogen) atoms. The molecule has 1 saturated heterocycles. The number of oxazole rings is 1. The van der Waals surface area contributed by atoms with Crippen LogP contribution in [0, 0.1) is 0 Å². The summed E-state index contributed by atoms with van der Waals surface area (Å²) in [5, 5.41) is 2.87. The van der Waals surface area contributed by atoms with Crippen LogP contribution in [0.15, 0.2) is 65.3 Å². The van der Waals surface area contributed by atoms with Crippen LogP contribution in [0.3, 0.4) is 0 Å². The lowest BCUT2D eigenvalue weighted by Crippen LogP contribution is -2.46. The van der Waals surface area contributed by atoms with Gasteiger partial charge in [-0.2, -0.15) is 0 Å². The molecule has 4 rings (SSSR count). The zero-order valence-electron chi connectivity index (χ0n) is 17.1. The van der Waals surface area contributed by atoms with Crippen molar-refractivity contribution in [1.82, 2.24) is 15.2 Å². The number of hydrogen-bond acceptors (Lipinski definition) is 6. The molecule has 1 aliphatic heterocycles. The number of benzene rings is 2. The van der Waals surface area contributed by atoms with Gasteiger partial charge in [0.2, 0.25) is 5.89 Å². The van der Waals surface area contributed by atoms with Crippen LogP contribution in [-0.2, 0) is 13.1 Å². The van der Waals surface area contributed by atoms with Gasteiger partial charge in [0.25, 0.3) is 5.91 Å². The Kier molecular flexibility index (Phi) is 6.29. The van der Waals surface area contributed by atoms with Gasteiger partial charge >= 0.3 is 0 Å². The predicted octanol–water partition coefficient (Wildman–Crippen LogP) is 2.94. The van der Waals surface area contributed by atoms with Gasteiger partial charge in [-0.25, -0.2) is 4.98 Å². The van der Waals surface area contributed by atoms with Gasteiger partial charge in [-0.3, -0.25) is 9.69 Å². The van der Waals surface area contributed by atoms with E-state index in [-0.39, 0.29) is 5.91 Å². The predicted molar refractivity (Wildman–Crippen MR) is 115 cm³/mol. The normalized spacial score (nSPS) is 14.5. The molecule has 1 aliphatic rings. The summed E-state index contributed by atoms with van der Waals surface area (Å²) in [5.41, 5.74) is 2.48. The van der Waals surface area contributed by atoms with E-state index >= 15 is 0 Å². The lowest BCUT2D eigenvalue weighted by Gasteiger charge is -2.36. The first-order valence-electron chi connectivity index (χ1n) is 10.1. The largest absolute Gasteiger partial charge is 0.495 e. The van der Waals surface area contributed by atoms with Gasteiger partial charge in [-0.1, -0.05) is 42.5 Å². The van der Waals surface area contributed by atoms with E-state index in [1.165, 1.54) is 6.26 Å². The third-order valence-corrected chi connectivity index (χ3v) is 5.24. The second-order valence-electron chi connectivity index (χ2n) is 7.23. The Labute approximate surface area is 176 Å². The van der Waals surface area contributed by atoms with Crippen LogP contribution in [0.2, 0.25) is 0 Å². The molecule has 1 aromatic heterocycles. The van der Waals surface area contributed by atoms with Crippen LogP contribution in [0.5, 0.6) is 5.75 Å². The molecule has 1 fully saturated rings. The van der Waals surface area contributed by atoms with Crippen LogP contribution < -0.4 is 15.0 Å².